The number of benzene rings is 1. The molecule has 4 atom stereocenters. The molecule has 3 aliphatic rings. The van der Waals surface area contributed by atoms with E-state index in [0.717, 1.165) is 29.3 Å². The molecule has 3 aliphatic carbocycles. The molecule has 138 valence electrons. The summed E-state index contributed by atoms with van der Waals surface area (Å²) < 4.78 is 0. The Kier molecular flexibility index (Phi) is 3.80. The van der Waals surface area contributed by atoms with Crippen LogP contribution in [0.1, 0.15) is 50.5 Å². The molecule has 2 unspecified atom stereocenters. The van der Waals surface area contributed by atoms with E-state index in [-0.39, 0.29) is 17.9 Å². The number of rotatable bonds is 3. The Labute approximate surface area is 157 Å². The fraction of sp³-hybridized carbons (Fsp3) is 0.600. The number of amides is 1. The zero-order valence-corrected chi connectivity index (χ0v) is 15.4. The number of aromatic nitrogens is 2. The van der Waals surface area contributed by atoms with E-state index in [1.54, 1.807) is 6.20 Å². The molecule has 3 fully saturated rings. The molecule has 0 bridgehead atoms. The predicted octanol–water partition coefficient (Wildman–Crippen LogP) is 3.51. The summed E-state index contributed by atoms with van der Waals surface area (Å²) in [5.74, 6) is 1.16. The number of carbonyl (C=O) groups is 1. The van der Waals surface area contributed by atoms with Crippen molar-refractivity contribution in [3.05, 3.63) is 28.9 Å². The van der Waals surface area contributed by atoms with Gasteiger partial charge in [-0.3, -0.25) is 9.89 Å². The summed E-state index contributed by atoms with van der Waals surface area (Å²) in [4.78, 5) is 12.5. The van der Waals surface area contributed by atoms with Crippen LogP contribution in [0.3, 0.4) is 0 Å². The van der Waals surface area contributed by atoms with Crippen molar-refractivity contribution in [2.24, 2.45) is 17.8 Å². The molecular formula is C20H24ClN3O2. The summed E-state index contributed by atoms with van der Waals surface area (Å²) in [5, 5.41) is 23.1. The molecule has 2 aromatic rings. The first-order valence-corrected chi connectivity index (χ1v) is 10.1. The molecular weight excluding hydrogens is 350 g/mol. The van der Waals surface area contributed by atoms with E-state index in [2.05, 4.69) is 15.5 Å². The van der Waals surface area contributed by atoms with Gasteiger partial charge in [-0.05, 0) is 55.2 Å². The van der Waals surface area contributed by atoms with Gasteiger partial charge in [0.1, 0.15) is 0 Å². The van der Waals surface area contributed by atoms with Gasteiger partial charge in [0.05, 0.1) is 17.3 Å². The lowest BCUT2D eigenvalue weighted by atomic mass is 9.86. The van der Waals surface area contributed by atoms with Gasteiger partial charge in [0, 0.05) is 22.4 Å². The van der Waals surface area contributed by atoms with Crippen LogP contribution in [0.4, 0.5) is 0 Å². The lowest BCUT2D eigenvalue weighted by molar-refractivity contribution is -0.126. The number of hydrogen-bond acceptors (Lipinski definition) is 3. The SMILES string of the molecule is O=C(NC1[C@H]2CC(O)(c3cc(Cl)cc4[nH]ncc34)C[C@@H]12)C1CCCCC1. The highest BCUT2D eigenvalue weighted by atomic mass is 35.5. The van der Waals surface area contributed by atoms with Gasteiger partial charge in [0.15, 0.2) is 0 Å². The molecule has 1 aromatic carbocycles. The van der Waals surface area contributed by atoms with E-state index in [4.69, 9.17) is 11.6 Å². The molecule has 0 aliphatic heterocycles. The maximum Gasteiger partial charge on any atom is 0.223 e. The van der Waals surface area contributed by atoms with Gasteiger partial charge < -0.3 is 10.4 Å². The van der Waals surface area contributed by atoms with Gasteiger partial charge >= 0.3 is 0 Å². The lowest BCUT2D eigenvalue weighted by Gasteiger charge is -2.28. The average Bonchev–Trinajstić information content (AvgIpc) is 3.01. The quantitative estimate of drug-likeness (QED) is 0.770. The summed E-state index contributed by atoms with van der Waals surface area (Å²) >= 11 is 6.24. The molecule has 0 radical (unpaired) electrons. The minimum Gasteiger partial charge on any atom is -0.385 e. The third-order valence-electron chi connectivity index (χ3n) is 6.79. The van der Waals surface area contributed by atoms with Crippen molar-refractivity contribution in [2.75, 3.05) is 0 Å². The maximum absolute atomic E-state index is 12.5. The van der Waals surface area contributed by atoms with Gasteiger partial charge in [-0.1, -0.05) is 30.9 Å². The molecule has 6 heteroatoms. The summed E-state index contributed by atoms with van der Waals surface area (Å²) in [6, 6.07) is 3.93. The molecule has 26 heavy (non-hydrogen) atoms. The fourth-order valence-electron chi connectivity index (χ4n) is 5.35. The summed E-state index contributed by atoms with van der Waals surface area (Å²) in [7, 11) is 0. The Morgan fingerprint density at radius 3 is 2.69 bits per heavy atom. The summed E-state index contributed by atoms with van der Waals surface area (Å²) in [6.07, 6.45) is 8.76. The second-order valence-electron chi connectivity index (χ2n) is 8.42. The van der Waals surface area contributed by atoms with Gasteiger partial charge in [-0.2, -0.15) is 5.10 Å². The van der Waals surface area contributed by atoms with Crippen LogP contribution in [0.15, 0.2) is 18.3 Å². The topological polar surface area (TPSA) is 78.0 Å². The zero-order chi connectivity index (χ0) is 17.9. The Morgan fingerprint density at radius 1 is 1.23 bits per heavy atom. The van der Waals surface area contributed by atoms with E-state index in [1.165, 1.54) is 19.3 Å². The molecule has 0 saturated heterocycles. The number of nitrogens with zero attached hydrogens (tertiary/aromatic N) is 1. The van der Waals surface area contributed by atoms with Crippen LogP contribution in [0.25, 0.3) is 10.9 Å². The van der Waals surface area contributed by atoms with Crippen LogP contribution < -0.4 is 5.32 Å². The predicted molar refractivity (Wildman–Crippen MR) is 99.7 cm³/mol. The molecule has 1 amide bonds. The van der Waals surface area contributed by atoms with Gasteiger partial charge in [-0.15, -0.1) is 0 Å². The average molecular weight is 374 g/mol. The van der Waals surface area contributed by atoms with Crippen molar-refractivity contribution >= 4 is 28.4 Å². The second kappa shape index (κ2) is 5.96. The Bertz CT molecular complexity index is 846. The van der Waals surface area contributed by atoms with Crippen molar-refractivity contribution in [1.29, 1.82) is 0 Å². The molecule has 5 rings (SSSR count). The molecule has 3 N–H and O–H groups in total. The second-order valence-corrected chi connectivity index (χ2v) is 8.86. The molecule has 5 nitrogen and oxygen atoms in total. The number of hydrogen-bond donors (Lipinski definition) is 3. The number of carbonyl (C=O) groups excluding carboxylic acids is 1. The van der Waals surface area contributed by atoms with Crippen LogP contribution in [0.5, 0.6) is 0 Å². The minimum atomic E-state index is -0.881. The normalized spacial score (nSPS) is 34.0. The van der Waals surface area contributed by atoms with E-state index >= 15 is 0 Å². The van der Waals surface area contributed by atoms with E-state index in [0.29, 0.717) is 29.7 Å². The standard InChI is InChI=1S/C20H24ClN3O2/c21-12-6-16(15-10-22-24-17(15)7-12)20(26)8-13-14(9-20)18(13)23-19(25)11-4-2-1-3-5-11/h6-7,10-11,13-14,18,26H,1-5,8-9H2,(H,22,24)(H,23,25)/t13-,14+,18?,20?. The third kappa shape index (κ3) is 2.64. The van der Waals surface area contributed by atoms with Gasteiger partial charge in [0.2, 0.25) is 5.91 Å². The Hall–Kier alpha value is -1.59. The van der Waals surface area contributed by atoms with E-state index in [1.807, 2.05) is 12.1 Å². The van der Waals surface area contributed by atoms with Crippen LogP contribution in [-0.4, -0.2) is 27.3 Å². The van der Waals surface area contributed by atoms with E-state index in [9.17, 15) is 9.90 Å². The van der Waals surface area contributed by atoms with Crippen molar-refractivity contribution in [1.82, 2.24) is 15.5 Å². The highest BCUT2D eigenvalue weighted by molar-refractivity contribution is 6.31. The van der Waals surface area contributed by atoms with Gasteiger partial charge in [0.25, 0.3) is 0 Å². The zero-order valence-electron chi connectivity index (χ0n) is 14.7. The summed E-state index contributed by atoms with van der Waals surface area (Å²) in [6.45, 7) is 0. The number of aromatic amines is 1. The number of aliphatic hydroxyl groups is 1. The van der Waals surface area contributed by atoms with Crippen molar-refractivity contribution in [2.45, 2.75) is 56.6 Å². The number of H-pyrrole nitrogens is 1. The van der Waals surface area contributed by atoms with Crippen LogP contribution in [0, 0.1) is 17.8 Å². The largest absolute Gasteiger partial charge is 0.385 e. The first-order chi connectivity index (χ1) is 12.5. The van der Waals surface area contributed by atoms with Crippen LogP contribution in [-0.2, 0) is 10.4 Å². The van der Waals surface area contributed by atoms with Crippen molar-refractivity contribution in [3.8, 4) is 0 Å². The summed E-state index contributed by atoms with van der Waals surface area (Å²) in [5.41, 5.74) is 0.830. The highest BCUT2D eigenvalue weighted by Gasteiger charge is 2.62. The van der Waals surface area contributed by atoms with Crippen molar-refractivity contribution < 1.29 is 9.90 Å². The maximum atomic E-state index is 12.5. The smallest absolute Gasteiger partial charge is 0.223 e. The van der Waals surface area contributed by atoms with E-state index < -0.39 is 5.60 Å². The molecule has 3 saturated carbocycles. The van der Waals surface area contributed by atoms with Crippen LogP contribution in [0.2, 0.25) is 5.02 Å². The fourth-order valence-corrected chi connectivity index (χ4v) is 5.56. The van der Waals surface area contributed by atoms with Crippen LogP contribution >= 0.6 is 11.6 Å². The number of nitrogens with one attached hydrogen (secondary N) is 2. The Morgan fingerprint density at radius 2 is 1.96 bits per heavy atom. The first-order valence-electron chi connectivity index (χ1n) is 9.71. The van der Waals surface area contributed by atoms with Crippen molar-refractivity contribution in [3.63, 3.8) is 0 Å². The lowest BCUT2D eigenvalue weighted by Crippen LogP contribution is -2.37. The van der Waals surface area contributed by atoms with Gasteiger partial charge in [-0.25, -0.2) is 0 Å². The highest BCUT2D eigenvalue weighted by Crippen LogP contribution is 2.60. The Balaban J connectivity index is 1.29. The number of fused-ring (bicyclic) bond motifs is 2. The minimum absolute atomic E-state index is 0.197. The third-order valence-corrected chi connectivity index (χ3v) is 7.01. The molecule has 0 spiro atoms. The monoisotopic (exact) mass is 373 g/mol. The number of halogens is 1. The first kappa shape index (κ1) is 16.6. The molecule has 1 heterocycles. The molecule has 1 aromatic heterocycles.